The van der Waals surface area contributed by atoms with E-state index in [1.54, 1.807) is 24.3 Å². The minimum Gasteiger partial charge on any atom is -0.465 e. The van der Waals surface area contributed by atoms with Gasteiger partial charge in [-0.25, -0.2) is 4.79 Å². The number of amides is 1. The predicted molar refractivity (Wildman–Crippen MR) is 105 cm³/mol. The number of hydrogen-bond donors (Lipinski definition) is 1. The zero-order valence-corrected chi connectivity index (χ0v) is 15.7. The number of piperidine rings is 1. The molecule has 0 saturated carbocycles. The molecule has 1 heterocycles. The van der Waals surface area contributed by atoms with Gasteiger partial charge < -0.3 is 10.1 Å². The molecule has 142 valence electrons. The zero-order chi connectivity index (χ0) is 19.1. The van der Waals surface area contributed by atoms with E-state index in [0.29, 0.717) is 23.6 Å². The molecular formula is C22H26N2O3. The Balaban J connectivity index is 1.42. The number of methoxy groups -OCH3 is 1. The molecule has 5 heteroatoms. The summed E-state index contributed by atoms with van der Waals surface area (Å²) in [6.07, 6.45) is 2.18. The first-order valence-electron chi connectivity index (χ1n) is 9.38. The summed E-state index contributed by atoms with van der Waals surface area (Å²) in [5, 5.41) is 3.02. The molecule has 1 saturated heterocycles. The van der Waals surface area contributed by atoms with E-state index >= 15 is 0 Å². The van der Waals surface area contributed by atoms with Gasteiger partial charge in [0.05, 0.1) is 12.7 Å². The van der Waals surface area contributed by atoms with Gasteiger partial charge in [-0.3, -0.25) is 9.69 Å². The highest BCUT2D eigenvalue weighted by molar-refractivity contribution is 5.96. The number of nitrogens with one attached hydrogen (secondary N) is 1. The molecule has 0 spiro atoms. The maximum absolute atomic E-state index is 12.3. The van der Waals surface area contributed by atoms with Crippen molar-refractivity contribution in [3.05, 3.63) is 71.3 Å². The second-order valence-corrected chi connectivity index (χ2v) is 6.98. The van der Waals surface area contributed by atoms with E-state index in [2.05, 4.69) is 39.2 Å². The second-order valence-electron chi connectivity index (χ2n) is 6.98. The molecule has 1 aliphatic rings. The molecule has 1 aliphatic heterocycles. The van der Waals surface area contributed by atoms with Gasteiger partial charge in [0.15, 0.2) is 0 Å². The summed E-state index contributed by atoms with van der Waals surface area (Å²) in [6, 6.07) is 17.1. The molecule has 0 radical (unpaired) electrons. The number of carbonyl (C=O) groups is 2. The van der Waals surface area contributed by atoms with Crippen molar-refractivity contribution in [2.24, 2.45) is 5.92 Å². The third-order valence-electron chi connectivity index (χ3n) is 5.08. The predicted octanol–water partition coefficient (Wildman–Crippen LogP) is 3.12. The number of esters is 1. The van der Waals surface area contributed by atoms with Crippen LogP contribution in [0.25, 0.3) is 0 Å². The van der Waals surface area contributed by atoms with Crippen molar-refractivity contribution >= 4 is 11.9 Å². The van der Waals surface area contributed by atoms with Crippen LogP contribution in [0, 0.1) is 5.92 Å². The normalized spacial score (nSPS) is 15.3. The molecule has 2 aromatic rings. The molecule has 1 amide bonds. The van der Waals surface area contributed by atoms with E-state index in [4.69, 9.17) is 0 Å². The fourth-order valence-corrected chi connectivity index (χ4v) is 3.40. The largest absolute Gasteiger partial charge is 0.465 e. The van der Waals surface area contributed by atoms with Gasteiger partial charge >= 0.3 is 5.97 Å². The molecule has 0 unspecified atom stereocenters. The summed E-state index contributed by atoms with van der Waals surface area (Å²) in [6.45, 7) is 3.80. The Morgan fingerprint density at radius 3 is 2.26 bits per heavy atom. The number of benzene rings is 2. The summed E-state index contributed by atoms with van der Waals surface area (Å²) < 4.78 is 4.67. The van der Waals surface area contributed by atoms with Gasteiger partial charge in [0.25, 0.3) is 5.91 Å². The molecule has 5 nitrogen and oxygen atoms in total. The number of rotatable bonds is 6. The lowest BCUT2D eigenvalue weighted by molar-refractivity contribution is 0.0600. The highest BCUT2D eigenvalue weighted by Crippen LogP contribution is 2.18. The van der Waals surface area contributed by atoms with Crippen LogP contribution in [0.3, 0.4) is 0 Å². The fraction of sp³-hybridized carbons (Fsp3) is 0.364. The Kier molecular flexibility index (Phi) is 6.60. The van der Waals surface area contributed by atoms with Crippen molar-refractivity contribution in [3.8, 4) is 0 Å². The maximum Gasteiger partial charge on any atom is 0.337 e. The van der Waals surface area contributed by atoms with Gasteiger partial charge in [0.1, 0.15) is 0 Å². The average Bonchev–Trinajstić information content (AvgIpc) is 2.73. The summed E-state index contributed by atoms with van der Waals surface area (Å²) >= 11 is 0. The minimum absolute atomic E-state index is 0.0990. The van der Waals surface area contributed by atoms with Crippen LogP contribution in [-0.2, 0) is 11.3 Å². The molecule has 1 N–H and O–H groups in total. The molecule has 27 heavy (non-hydrogen) atoms. The first kappa shape index (κ1) is 19.1. The first-order chi connectivity index (χ1) is 13.2. The van der Waals surface area contributed by atoms with Gasteiger partial charge in [-0.1, -0.05) is 30.3 Å². The number of likely N-dealkylation sites (tertiary alicyclic amines) is 1. The van der Waals surface area contributed by atoms with Crippen LogP contribution in [0.1, 0.15) is 39.1 Å². The van der Waals surface area contributed by atoms with Crippen molar-refractivity contribution in [1.29, 1.82) is 0 Å². The highest BCUT2D eigenvalue weighted by atomic mass is 16.5. The highest BCUT2D eigenvalue weighted by Gasteiger charge is 2.20. The van der Waals surface area contributed by atoms with Crippen LogP contribution in [0.15, 0.2) is 54.6 Å². The Morgan fingerprint density at radius 2 is 1.63 bits per heavy atom. The van der Waals surface area contributed by atoms with Gasteiger partial charge in [-0.15, -0.1) is 0 Å². The maximum atomic E-state index is 12.3. The van der Waals surface area contributed by atoms with E-state index in [9.17, 15) is 9.59 Å². The standard InChI is InChI=1S/C22H26N2O3/c1-27-22(26)20-9-7-19(8-10-20)21(25)23-15-17-11-13-24(14-12-17)16-18-5-3-2-4-6-18/h2-10,17H,11-16H2,1H3,(H,23,25). The molecule has 2 aromatic carbocycles. The summed E-state index contributed by atoms with van der Waals surface area (Å²) in [5.74, 6) is 0.0117. The van der Waals surface area contributed by atoms with Crippen LogP contribution < -0.4 is 5.32 Å². The van der Waals surface area contributed by atoms with Crippen molar-refractivity contribution in [2.75, 3.05) is 26.7 Å². The monoisotopic (exact) mass is 366 g/mol. The minimum atomic E-state index is -0.399. The van der Waals surface area contributed by atoms with Crippen LogP contribution in [-0.4, -0.2) is 43.5 Å². The fourth-order valence-electron chi connectivity index (χ4n) is 3.40. The van der Waals surface area contributed by atoms with E-state index in [1.165, 1.54) is 12.7 Å². The van der Waals surface area contributed by atoms with Crippen molar-refractivity contribution in [2.45, 2.75) is 19.4 Å². The topological polar surface area (TPSA) is 58.6 Å². The Labute approximate surface area is 160 Å². The average molecular weight is 366 g/mol. The molecule has 0 atom stereocenters. The SMILES string of the molecule is COC(=O)c1ccc(C(=O)NCC2CCN(Cc3ccccc3)CC2)cc1. The molecule has 0 aromatic heterocycles. The Morgan fingerprint density at radius 1 is 1.00 bits per heavy atom. The number of carbonyl (C=O) groups excluding carboxylic acids is 2. The number of ether oxygens (including phenoxy) is 1. The zero-order valence-electron chi connectivity index (χ0n) is 15.7. The smallest absolute Gasteiger partial charge is 0.337 e. The van der Waals surface area contributed by atoms with Crippen molar-refractivity contribution in [3.63, 3.8) is 0 Å². The lowest BCUT2D eigenvalue weighted by Crippen LogP contribution is -2.38. The van der Waals surface area contributed by atoms with Crippen molar-refractivity contribution < 1.29 is 14.3 Å². The third kappa shape index (κ3) is 5.41. The van der Waals surface area contributed by atoms with E-state index in [1.807, 2.05) is 6.07 Å². The van der Waals surface area contributed by atoms with E-state index in [-0.39, 0.29) is 5.91 Å². The summed E-state index contributed by atoms with van der Waals surface area (Å²) in [7, 11) is 1.34. The number of hydrogen-bond acceptors (Lipinski definition) is 4. The van der Waals surface area contributed by atoms with Gasteiger partial charge in [-0.2, -0.15) is 0 Å². The van der Waals surface area contributed by atoms with Crippen LogP contribution in [0.5, 0.6) is 0 Å². The number of nitrogens with zero attached hydrogens (tertiary/aromatic N) is 1. The molecular weight excluding hydrogens is 340 g/mol. The summed E-state index contributed by atoms with van der Waals surface area (Å²) in [4.78, 5) is 26.2. The van der Waals surface area contributed by atoms with Crippen LogP contribution in [0.4, 0.5) is 0 Å². The van der Waals surface area contributed by atoms with Crippen LogP contribution in [0.2, 0.25) is 0 Å². The molecule has 0 bridgehead atoms. The quantitative estimate of drug-likeness (QED) is 0.798. The second kappa shape index (κ2) is 9.33. The lowest BCUT2D eigenvalue weighted by Gasteiger charge is -2.32. The Bertz CT molecular complexity index is 751. The van der Waals surface area contributed by atoms with E-state index < -0.39 is 5.97 Å². The van der Waals surface area contributed by atoms with Crippen LogP contribution >= 0.6 is 0 Å². The van der Waals surface area contributed by atoms with Gasteiger partial charge in [0.2, 0.25) is 0 Å². The van der Waals surface area contributed by atoms with Crippen molar-refractivity contribution in [1.82, 2.24) is 10.2 Å². The lowest BCUT2D eigenvalue weighted by atomic mass is 9.96. The molecule has 0 aliphatic carbocycles. The van der Waals surface area contributed by atoms with Gasteiger partial charge in [0, 0.05) is 18.7 Å². The Hall–Kier alpha value is -2.66. The third-order valence-corrected chi connectivity index (χ3v) is 5.08. The molecule has 1 fully saturated rings. The first-order valence-corrected chi connectivity index (χ1v) is 9.38. The van der Waals surface area contributed by atoms with Gasteiger partial charge in [-0.05, 0) is 61.7 Å². The molecule has 3 rings (SSSR count). The van der Waals surface area contributed by atoms with E-state index in [0.717, 1.165) is 32.5 Å². The summed E-state index contributed by atoms with van der Waals surface area (Å²) in [5.41, 5.74) is 2.35.